The summed E-state index contributed by atoms with van der Waals surface area (Å²) < 4.78 is 27.3. The van der Waals surface area contributed by atoms with Crippen LogP contribution in [0.1, 0.15) is 0 Å². The lowest BCUT2D eigenvalue weighted by Gasteiger charge is -2.05. The fourth-order valence-corrected chi connectivity index (χ4v) is 1.99. The summed E-state index contributed by atoms with van der Waals surface area (Å²) in [5.41, 5.74) is 0.750. The van der Waals surface area contributed by atoms with Crippen LogP contribution in [0.5, 0.6) is 0 Å². The topological polar surface area (TPSA) is 0 Å². The van der Waals surface area contributed by atoms with E-state index >= 15 is 0 Å². The number of halogens is 4. The first-order valence-corrected chi connectivity index (χ1v) is 5.65. The van der Waals surface area contributed by atoms with E-state index in [0.717, 1.165) is 0 Å². The fourth-order valence-electron chi connectivity index (χ4n) is 1.43. The van der Waals surface area contributed by atoms with Gasteiger partial charge in [0, 0.05) is 15.1 Å². The highest BCUT2D eigenvalue weighted by molar-refractivity contribution is 9.10. The van der Waals surface area contributed by atoms with Crippen LogP contribution in [-0.2, 0) is 0 Å². The molecule has 82 valence electrons. The summed E-state index contributed by atoms with van der Waals surface area (Å²) in [6, 6.07) is 8.55. The molecule has 0 saturated carbocycles. The molecule has 0 nitrogen and oxygen atoms in total. The maximum absolute atomic E-state index is 13.6. The van der Waals surface area contributed by atoms with E-state index in [4.69, 9.17) is 11.6 Å². The highest BCUT2D eigenvalue weighted by Crippen LogP contribution is 2.28. The normalized spacial score (nSPS) is 10.5. The predicted octanol–water partition coefficient (Wildman–Crippen LogP) is 5.05. The zero-order chi connectivity index (χ0) is 11.7. The number of hydrogen-bond donors (Lipinski definition) is 0. The summed E-state index contributed by atoms with van der Waals surface area (Å²) in [6.45, 7) is 0. The van der Waals surface area contributed by atoms with Gasteiger partial charge in [-0.05, 0) is 35.9 Å². The summed E-state index contributed by atoms with van der Waals surface area (Å²) in [4.78, 5) is 0. The van der Waals surface area contributed by atoms with Crippen LogP contribution in [0, 0.1) is 11.6 Å². The Balaban J connectivity index is 2.58. The summed E-state index contributed by atoms with van der Waals surface area (Å²) in [5.74, 6) is -0.902. The molecular formula is C12H6BrClF2. The van der Waals surface area contributed by atoms with E-state index < -0.39 is 11.6 Å². The molecule has 16 heavy (non-hydrogen) atoms. The molecule has 0 aliphatic heterocycles. The third kappa shape index (κ3) is 2.42. The number of rotatable bonds is 1. The van der Waals surface area contributed by atoms with E-state index in [9.17, 15) is 8.78 Å². The van der Waals surface area contributed by atoms with Gasteiger partial charge in [-0.3, -0.25) is 0 Å². The second-order valence-electron chi connectivity index (χ2n) is 3.28. The highest BCUT2D eigenvalue weighted by atomic mass is 79.9. The smallest absolute Gasteiger partial charge is 0.132 e. The predicted molar refractivity (Wildman–Crippen MR) is 64.5 cm³/mol. The molecule has 0 N–H and O–H groups in total. The monoisotopic (exact) mass is 302 g/mol. The van der Waals surface area contributed by atoms with Gasteiger partial charge in [0.2, 0.25) is 0 Å². The van der Waals surface area contributed by atoms with Crippen molar-refractivity contribution in [2.75, 3.05) is 0 Å². The molecule has 0 bridgehead atoms. The van der Waals surface area contributed by atoms with E-state index in [2.05, 4.69) is 15.9 Å². The van der Waals surface area contributed by atoms with E-state index in [0.29, 0.717) is 15.6 Å². The van der Waals surface area contributed by atoms with Crippen molar-refractivity contribution in [2.24, 2.45) is 0 Å². The third-order valence-corrected chi connectivity index (χ3v) is 2.82. The van der Waals surface area contributed by atoms with Crippen molar-refractivity contribution in [3.63, 3.8) is 0 Å². The molecule has 0 aliphatic carbocycles. The van der Waals surface area contributed by atoms with Crippen LogP contribution >= 0.6 is 27.5 Å². The fraction of sp³-hybridized carbons (Fsp3) is 0. The van der Waals surface area contributed by atoms with Crippen molar-refractivity contribution in [1.82, 2.24) is 0 Å². The molecule has 0 fully saturated rings. The average molecular weight is 304 g/mol. The van der Waals surface area contributed by atoms with Gasteiger partial charge in [0.05, 0.1) is 0 Å². The molecule has 0 amide bonds. The van der Waals surface area contributed by atoms with Crippen molar-refractivity contribution in [3.8, 4) is 11.1 Å². The summed E-state index contributed by atoms with van der Waals surface area (Å²) in [6.07, 6.45) is 0. The highest BCUT2D eigenvalue weighted by Gasteiger charge is 2.07. The van der Waals surface area contributed by atoms with Crippen LogP contribution < -0.4 is 0 Å². The molecule has 0 aromatic heterocycles. The SMILES string of the molecule is Fc1cc(Cl)cc(-c2ccc(Br)cc2F)c1. The second kappa shape index (κ2) is 4.52. The van der Waals surface area contributed by atoms with Gasteiger partial charge in [-0.2, -0.15) is 0 Å². The molecule has 0 aliphatic rings. The molecule has 0 radical (unpaired) electrons. The maximum atomic E-state index is 13.6. The molecule has 2 aromatic rings. The third-order valence-electron chi connectivity index (χ3n) is 2.10. The van der Waals surface area contributed by atoms with Crippen LogP contribution in [0.15, 0.2) is 40.9 Å². The van der Waals surface area contributed by atoms with Gasteiger partial charge in [0.25, 0.3) is 0 Å². The Bertz CT molecular complexity index is 520. The number of benzene rings is 2. The number of hydrogen-bond acceptors (Lipinski definition) is 0. The lowest BCUT2D eigenvalue weighted by molar-refractivity contribution is 0.624. The minimum atomic E-state index is -0.482. The largest absolute Gasteiger partial charge is 0.207 e. The van der Waals surface area contributed by atoms with Crippen LogP contribution in [-0.4, -0.2) is 0 Å². The Morgan fingerprint density at radius 1 is 1.00 bits per heavy atom. The van der Waals surface area contributed by atoms with Crippen molar-refractivity contribution in [1.29, 1.82) is 0 Å². The first kappa shape index (κ1) is 11.6. The minimum absolute atomic E-state index is 0.248. The maximum Gasteiger partial charge on any atom is 0.132 e. The Morgan fingerprint density at radius 3 is 2.38 bits per heavy atom. The standard InChI is InChI=1S/C12H6BrClF2/c13-8-1-2-11(12(16)5-8)7-3-9(14)6-10(15)4-7/h1-6H. The quantitative estimate of drug-likeness (QED) is 0.692. The summed E-state index contributed by atoms with van der Waals surface area (Å²) in [5, 5.41) is 0.248. The lowest BCUT2D eigenvalue weighted by Crippen LogP contribution is -1.86. The summed E-state index contributed by atoms with van der Waals surface area (Å²) in [7, 11) is 0. The molecule has 0 unspecified atom stereocenters. The van der Waals surface area contributed by atoms with Crippen LogP contribution in [0.2, 0.25) is 5.02 Å². The molecule has 0 spiro atoms. The first-order chi connectivity index (χ1) is 7.56. The van der Waals surface area contributed by atoms with Crippen LogP contribution in [0.4, 0.5) is 8.78 Å². The van der Waals surface area contributed by atoms with Crippen molar-refractivity contribution < 1.29 is 8.78 Å². The Hall–Kier alpha value is -0.930. The zero-order valence-corrected chi connectivity index (χ0v) is 10.3. The van der Waals surface area contributed by atoms with E-state index in [1.165, 1.54) is 24.3 Å². The minimum Gasteiger partial charge on any atom is -0.207 e. The molecule has 0 saturated heterocycles. The van der Waals surface area contributed by atoms with Gasteiger partial charge in [-0.25, -0.2) is 8.78 Å². The second-order valence-corrected chi connectivity index (χ2v) is 4.63. The van der Waals surface area contributed by atoms with E-state index in [1.807, 2.05) is 0 Å². The molecule has 2 rings (SSSR count). The Kier molecular flexibility index (Phi) is 3.26. The van der Waals surface area contributed by atoms with Gasteiger partial charge < -0.3 is 0 Å². The van der Waals surface area contributed by atoms with E-state index in [-0.39, 0.29) is 5.02 Å². The Morgan fingerprint density at radius 2 is 1.75 bits per heavy atom. The van der Waals surface area contributed by atoms with Gasteiger partial charge >= 0.3 is 0 Å². The van der Waals surface area contributed by atoms with Crippen molar-refractivity contribution in [2.45, 2.75) is 0 Å². The van der Waals surface area contributed by atoms with Gasteiger partial charge in [0.15, 0.2) is 0 Å². The first-order valence-electron chi connectivity index (χ1n) is 4.48. The van der Waals surface area contributed by atoms with Gasteiger partial charge in [-0.1, -0.05) is 33.6 Å². The zero-order valence-electron chi connectivity index (χ0n) is 7.98. The molecular weight excluding hydrogens is 297 g/mol. The molecule has 0 heterocycles. The molecule has 4 heteroatoms. The van der Waals surface area contributed by atoms with Crippen molar-refractivity contribution in [3.05, 3.63) is 57.5 Å². The van der Waals surface area contributed by atoms with Crippen LogP contribution in [0.25, 0.3) is 11.1 Å². The van der Waals surface area contributed by atoms with Crippen molar-refractivity contribution >= 4 is 27.5 Å². The van der Waals surface area contributed by atoms with E-state index in [1.54, 1.807) is 12.1 Å². The van der Waals surface area contributed by atoms with Gasteiger partial charge in [-0.15, -0.1) is 0 Å². The Labute approximate surface area is 105 Å². The summed E-state index contributed by atoms with van der Waals surface area (Å²) >= 11 is 8.87. The van der Waals surface area contributed by atoms with Crippen LogP contribution in [0.3, 0.4) is 0 Å². The average Bonchev–Trinajstić information content (AvgIpc) is 2.15. The molecule has 0 atom stereocenters. The lowest BCUT2D eigenvalue weighted by atomic mass is 10.1. The molecule has 2 aromatic carbocycles. The van der Waals surface area contributed by atoms with Gasteiger partial charge in [0.1, 0.15) is 11.6 Å².